The van der Waals surface area contributed by atoms with E-state index in [4.69, 9.17) is 4.74 Å². The number of unbranched alkanes of at least 4 members (excludes halogenated alkanes) is 1. The van der Waals surface area contributed by atoms with Crippen molar-refractivity contribution in [1.82, 2.24) is 0 Å². The van der Waals surface area contributed by atoms with Gasteiger partial charge in [-0.25, -0.2) is 0 Å². The fraction of sp³-hybridized carbons (Fsp3) is 0.533. The van der Waals surface area contributed by atoms with Crippen LogP contribution in [0.5, 0.6) is 0 Å². The van der Waals surface area contributed by atoms with Gasteiger partial charge in [-0.3, -0.25) is 0 Å². The number of ether oxygens (including phenoxy) is 1. The first-order valence-corrected chi connectivity index (χ1v) is 6.33. The molecule has 0 fully saturated rings. The second-order valence-corrected chi connectivity index (χ2v) is 4.68. The van der Waals surface area contributed by atoms with Gasteiger partial charge in [0.25, 0.3) is 0 Å². The van der Waals surface area contributed by atoms with Crippen LogP contribution >= 0.6 is 0 Å². The Hall–Kier alpha value is -1.15. The highest BCUT2D eigenvalue weighted by molar-refractivity contribution is 5.48. The topological polar surface area (TPSA) is 26.3 Å². The summed E-state index contributed by atoms with van der Waals surface area (Å²) in [5, 5.41) is 0. The molecule has 0 heterocycles. The molecule has 17 heavy (non-hydrogen) atoms. The van der Waals surface area contributed by atoms with Gasteiger partial charge in [-0.15, -0.1) is 0 Å². The van der Waals surface area contributed by atoms with E-state index in [0.717, 1.165) is 19.1 Å². The molecule has 0 aromatic heterocycles. The minimum absolute atomic E-state index is 0.246. The molecular formula is C15H22O2. The first-order valence-electron chi connectivity index (χ1n) is 6.33. The van der Waals surface area contributed by atoms with E-state index in [2.05, 4.69) is 26.0 Å². The highest BCUT2D eigenvalue weighted by Crippen LogP contribution is 2.16. The molecule has 1 rings (SSSR count). The number of carbonyl (C=O) groups excluding carboxylic acids is 1. The van der Waals surface area contributed by atoms with Crippen LogP contribution < -0.4 is 0 Å². The second-order valence-electron chi connectivity index (χ2n) is 4.68. The van der Waals surface area contributed by atoms with Crippen molar-refractivity contribution in [2.75, 3.05) is 0 Å². The average molecular weight is 234 g/mol. The zero-order valence-corrected chi connectivity index (χ0v) is 10.8. The van der Waals surface area contributed by atoms with Crippen molar-refractivity contribution in [2.45, 2.75) is 45.8 Å². The molecule has 0 unspecified atom stereocenters. The number of hydrogen-bond donors (Lipinski definition) is 0. The summed E-state index contributed by atoms with van der Waals surface area (Å²) in [6.07, 6.45) is 3.74. The van der Waals surface area contributed by atoms with Crippen LogP contribution in [-0.4, -0.2) is 12.4 Å². The Bertz CT molecular complexity index is 306. The lowest BCUT2D eigenvalue weighted by molar-refractivity contribution is -0.108. The summed E-state index contributed by atoms with van der Waals surface area (Å²) in [5.41, 5.74) is 1.20. The van der Waals surface area contributed by atoms with E-state index in [1.54, 1.807) is 0 Å². The van der Waals surface area contributed by atoms with Crippen molar-refractivity contribution >= 4 is 6.29 Å². The molecule has 0 aliphatic carbocycles. The lowest BCUT2D eigenvalue weighted by Crippen LogP contribution is -2.19. The first kappa shape index (κ1) is 13.9. The zero-order valence-electron chi connectivity index (χ0n) is 10.8. The van der Waals surface area contributed by atoms with Crippen molar-refractivity contribution < 1.29 is 9.53 Å². The van der Waals surface area contributed by atoms with Crippen LogP contribution in [0.15, 0.2) is 30.3 Å². The molecule has 0 aliphatic rings. The number of rotatable bonds is 8. The van der Waals surface area contributed by atoms with Crippen LogP contribution in [-0.2, 0) is 16.1 Å². The lowest BCUT2D eigenvalue weighted by atomic mass is 10.0. The Morgan fingerprint density at radius 3 is 2.53 bits per heavy atom. The Morgan fingerprint density at radius 2 is 1.94 bits per heavy atom. The van der Waals surface area contributed by atoms with Crippen molar-refractivity contribution in [2.24, 2.45) is 5.92 Å². The van der Waals surface area contributed by atoms with Gasteiger partial charge < -0.3 is 9.53 Å². The van der Waals surface area contributed by atoms with Crippen molar-refractivity contribution in [3.63, 3.8) is 0 Å². The maximum absolute atomic E-state index is 10.3. The summed E-state index contributed by atoms with van der Waals surface area (Å²) in [7, 11) is 0. The minimum Gasteiger partial charge on any atom is -0.373 e. The number of hydrogen-bond acceptors (Lipinski definition) is 2. The quantitative estimate of drug-likeness (QED) is 0.507. The molecular weight excluding hydrogens is 212 g/mol. The normalized spacial score (nSPS) is 12.6. The first-order chi connectivity index (χ1) is 8.24. The van der Waals surface area contributed by atoms with Crippen molar-refractivity contribution in [1.29, 1.82) is 0 Å². The standard InChI is InChI=1S/C15H22O2/c1-13(2)15(10-6-7-11-16)17-12-14-8-4-3-5-9-14/h3-5,8-9,11,13,15H,6-7,10,12H2,1-2H3/t15-/m0/s1. The van der Waals surface area contributed by atoms with Gasteiger partial charge in [0.2, 0.25) is 0 Å². The van der Waals surface area contributed by atoms with Gasteiger partial charge in [-0.1, -0.05) is 44.2 Å². The predicted molar refractivity (Wildman–Crippen MR) is 69.8 cm³/mol. The van der Waals surface area contributed by atoms with E-state index in [-0.39, 0.29) is 6.10 Å². The van der Waals surface area contributed by atoms with Gasteiger partial charge in [-0.2, -0.15) is 0 Å². The van der Waals surface area contributed by atoms with E-state index in [1.165, 1.54) is 5.56 Å². The van der Waals surface area contributed by atoms with Crippen LogP contribution in [0.1, 0.15) is 38.7 Å². The average Bonchev–Trinajstić information content (AvgIpc) is 2.34. The molecule has 94 valence electrons. The Morgan fingerprint density at radius 1 is 1.24 bits per heavy atom. The SMILES string of the molecule is CC(C)[C@H](CCCC=O)OCc1ccccc1. The van der Waals surface area contributed by atoms with Gasteiger partial charge in [0.05, 0.1) is 12.7 Å². The van der Waals surface area contributed by atoms with Crippen LogP contribution in [0.25, 0.3) is 0 Å². The molecule has 0 spiro atoms. The smallest absolute Gasteiger partial charge is 0.119 e. The summed E-state index contributed by atoms with van der Waals surface area (Å²) in [6, 6.07) is 10.2. The van der Waals surface area contributed by atoms with E-state index < -0.39 is 0 Å². The molecule has 0 saturated carbocycles. The summed E-state index contributed by atoms with van der Waals surface area (Å²) in [6.45, 7) is 4.98. The monoisotopic (exact) mass is 234 g/mol. The molecule has 0 amide bonds. The zero-order chi connectivity index (χ0) is 12.5. The summed E-state index contributed by atoms with van der Waals surface area (Å²) in [4.78, 5) is 10.3. The fourth-order valence-corrected chi connectivity index (χ4v) is 1.79. The van der Waals surface area contributed by atoms with Gasteiger partial charge in [0.15, 0.2) is 0 Å². The third kappa shape index (κ3) is 5.64. The molecule has 0 N–H and O–H groups in total. The maximum Gasteiger partial charge on any atom is 0.119 e. The fourth-order valence-electron chi connectivity index (χ4n) is 1.79. The summed E-state index contributed by atoms with van der Waals surface area (Å²) < 4.78 is 5.92. The Kier molecular flexibility index (Phi) is 6.56. The lowest BCUT2D eigenvalue weighted by Gasteiger charge is -2.21. The molecule has 0 saturated heterocycles. The molecule has 1 atom stereocenters. The van der Waals surface area contributed by atoms with Gasteiger partial charge in [0, 0.05) is 6.42 Å². The minimum atomic E-state index is 0.246. The second kappa shape index (κ2) is 8.02. The van der Waals surface area contributed by atoms with E-state index in [9.17, 15) is 4.79 Å². The highest BCUT2D eigenvalue weighted by atomic mass is 16.5. The van der Waals surface area contributed by atoms with Crippen molar-refractivity contribution in [3.05, 3.63) is 35.9 Å². The molecule has 2 nitrogen and oxygen atoms in total. The summed E-state index contributed by atoms with van der Waals surface area (Å²) >= 11 is 0. The van der Waals surface area contributed by atoms with Crippen LogP contribution in [0.3, 0.4) is 0 Å². The predicted octanol–water partition coefficient (Wildman–Crippen LogP) is 3.60. The maximum atomic E-state index is 10.3. The van der Waals surface area contributed by atoms with Gasteiger partial charge in [0.1, 0.15) is 6.29 Å². The number of carbonyl (C=O) groups is 1. The molecule has 0 bridgehead atoms. The molecule has 0 aliphatic heterocycles. The van der Waals surface area contributed by atoms with Crippen LogP contribution in [0.2, 0.25) is 0 Å². The van der Waals surface area contributed by atoms with Crippen LogP contribution in [0, 0.1) is 5.92 Å². The highest BCUT2D eigenvalue weighted by Gasteiger charge is 2.13. The van der Waals surface area contributed by atoms with E-state index >= 15 is 0 Å². The van der Waals surface area contributed by atoms with Crippen molar-refractivity contribution in [3.8, 4) is 0 Å². The molecule has 0 radical (unpaired) electrons. The Balaban J connectivity index is 2.36. The molecule has 1 aromatic carbocycles. The number of aldehydes is 1. The van der Waals surface area contributed by atoms with E-state index in [1.807, 2.05) is 18.2 Å². The van der Waals surface area contributed by atoms with Gasteiger partial charge in [-0.05, 0) is 24.3 Å². The third-order valence-electron chi connectivity index (χ3n) is 2.86. The largest absolute Gasteiger partial charge is 0.373 e. The molecule has 2 heteroatoms. The molecule has 1 aromatic rings. The number of benzene rings is 1. The Labute approximate surface area is 104 Å². The van der Waals surface area contributed by atoms with E-state index in [0.29, 0.717) is 18.9 Å². The third-order valence-corrected chi connectivity index (χ3v) is 2.86. The summed E-state index contributed by atoms with van der Waals surface area (Å²) in [5.74, 6) is 0.491. The van der Waals surface area contributed by atoms with Crippen LogP contribution in [0.4, 0.5) is 0 Å². The van der Waals surface area contributed by atoms with Gasteiger partial charge >= 0.3 is 0 Å².